The van der Waals surface area contributed by atoms with E-state index in [4.69, 9.17) is 5.53 Å². The van der Waals surface area contributed by atoms with Crippen LogP contribution in [0.3, 0.4) is 0 Å². The second-order valence-corrected chi connectivity index (χ2v) is 3.13. The van der Waals surface area contributed by atoms with Gasteiger partial charge >= 0.3 is 0 Å². The van der Waals surface area contributed by atoms with E-state index in [2.05, 4.69) is 20.0 Å². The molecule has 0 aliphatic carbocycles. The molecule has 0 spiro atoms. The normalized spacial score (nSPS) is 10.8. The van der Waals surface area contributed by atoms with Crippen molar-refractivity contribution in [1.82, 2.24) is 14.4 Å². The highest BCUT2D eigenvalue weighted by Gasteiger charge is 1.97. The van der Waals surface area contributed by atoms with E-state index in [1.54, 1.807) is 18.6 Å². The first kappa shape index (κ1) is 10.2. The van der Waals surface area contributed by atoms with Crippen molar-refractivity contribution in [1.29, 1.82) is 0 Å². The van der Waals surface area contributed by atoms with E-state index in [0.717, 1.165) is 17.8 Å². The van der Waals surface area contributed by atoms with E-state index in [-0.39, 0.29) is 0 Å². The summed E-state index contributed by atoms with van der Waals surface area (Å²) >= 11 is 0. The van der Waals surface area contributed by atoms with Crippen LogP contribution in [0.5, 0.6) is 0 Å². The molecule has 0 unspecified atom stereocenters. The average Bonchev–Trinajstić information content (AvgIpc) is 2.73. The van der Waals surface area contributed by atoms with Crippen LogP contribution in [-0.2, 0) is 0 Å². The number of imidazole rings is 1. The molecule has 0 fully saturated rings. The van der Waals surface area contributed by atoms with Crippen molar-refractivity contribution in [2.75, 3.05) is 6.54 Å². The summed E-state index contributed by atoms with van der Waals surface area (Å²) in [4.78, 5) is 10.9. The summed E-state index contributed by atoms with van der Waals surface area (Å²) in [6.45, 7) is 0.477. The predicted octanol–water partition coefficient (Wildman–Crippen LogP) is 2.44. The summed E-state index contributed by atoms with van der Waals surface area (Å²) in [5.74, 6) is 0. The lowest BCUT2D eigenvalue weighted by Gasteiger charge is -1.93. The zero-order valence-electron chi connectivity index (χ0n) is 8.56. The van der Waals surface area contributed by atoms with Gasteiger partial charge in [-0.05, 0) is 18.0 Å². The van der Waals surface area contributed by atoms with E-state index in [9.17, 15) is 0 Å². The molecule has 2 heterocycles. The molecule has 0 amide bonds. The maximum absolute atomic E-state index is 8.10. The third-order valence-electron chi connectivity index (χ3n) is 2.09. The Hall–Kier alpha value is -2.33. The molecule has 0 N–H and O–H groups in total. The molecule has 0 aliphatic rings. The van der Waals surface area contributed by atoms with Gasteiger partial charge in [-0.3, -0.25) is 9.38 Å². The van der Waals surface area contributed by atoms with Crippen molar-refractivity contribution in [3.05, 3.63) is 47.0 Å². The van der Waals surface area contributed by atoms with Gasteiger partial charge in [0.15, 0.2) is 5.65 Å². The average molecular weight is 214 g/mol. The molecule has 2 aromatic rings. The number of fused-ring (bicyclic) bond motifs is 1. The molecular formula is C10H10N6. The van der Waals surface area contributed by atoms with Crippen LogP contribution < -0.4 is 0 Å². The van der Waals surface area contributed by atoms with Gasteiger partial charge in [0.25, 0.3) is 0 Å². The van der Waals surface area contributed by atoms with Gasteiger partial charge in [0.1, 0.15) is 0 Å². The Morgan fingerprint density at radius 2 is 2.44 bits per heavy atom. The van der Waals surface area contributed by atoms with Crippen molar-refractivity contribution < 1.29 is 0 Å². The van der Waals surface area contributed by atoms with Crippen LogP contribution in [0.25, 0.3) is 22.2 Å². The maximum Gasteiger partial charge on any atom is 0.155 e. The molecule has 2 rings (SSSR count). The molecule has 80 valence electrons. The van der Waals surface area contributed by atoms with Gasteiger partial charge in [-0.1, -0.05) is 11.2 Å². The smallest absolute Gasteiger partial charge is 0.155 e. The van der Waals surface area contributed by atoms with Gasteiger partial charge in [-0.15, -0.1) is 0 Å². The zero-order valence-corrected chi connectivity index (χ0v) is 8.56. The minimum absolute atomic E-state index is 0.477. The molecule has 0 saturated heterocycles. The largest absolute Gasteiger partial charge is 0.297 e. The third kappa shape index (κ3) is 2.18. The molecule has 0 aliphatic heterocycles. The summed E-state index contributed by atoms with van der Waals surface area (Å²) in [5, 5.41) is 3.45. The minimum Gasteiger partial charge on any atom is -0.297 e. The van der Waals surface area contributed by atoms with Crippen LogP contribution in [0.2, 0.25) is 0 Å². The van der Waals surface area contributed by atoms with Crippen molar-refractivity contribution in [3.63, 3.8) is 0 Å². The molecule has 6 heteroatoms. The highest BCUT2D eigenvalue weighted by Crippen LogP contribution is 2.06. The van der Waals surface area contributed by atoms with Gasteiger partial charge in [0, 0.05) is 23.9 Å². The SMILES string of the molecule is [N-]=[N+]=NCCC=Cc1cnc2cnccn12. The van der Waals surface area contributed by atoms with Crippen molar-refractivity contribution >= 4 is 11.7 Å². The maximum atomic E-state index is 8.10. The summed E-state index contributed by atoms with van der Waals surface area (Å²) in [5.41, 5.74) is 9.91. The fourth-order valence-corrected chi connectivity index (χ4v) is 1.37. The fourth-order valence-electron chi connectivity index (χ4n) is 1.37. The van der Waals surface area contributed by atoms with Crippen LogP contribution in [0.4, 0.5) is 0 Å². The number of azide groups is 1. The zero-order chi connectivity index (χ0) is 11.2. The predicted molar refractivity (Wildman–Crippen MR) is 60.7 cm³/mol. The van der Waals surface area contributed by atoms with Gasteiger partial charge < -0.3 is 0 Å². The molecule has 0 radical (unpaired) electrons. The Morgan fingerprint density at radius 1 is 1.50 bits per heavy atom. The monoisotopic (exact) mass is 214 g/mol. The second-order valence-electron chi connectivity index (χ2n) is 3.13. The van der Waals surface area contributed by atoms with E-state index < -0.39 is 0 Å². The Morgan fingerprint density at radius 3 is 3.31 bits per heavy atom. The molecule has 16 heavy (non-hydrogen) atoms. The van der Waals surface area contributed by atoms with Gasteiger partial charge in [0.2, 0.25) is 0 Å². The molecule has 6 nitrogen and oxygen atoms in total. The first-order chi connectivity index (χ1) is 7.92. The van der Waals surface area contributed by atoms with E-state index in [0.29, 0.717) is 6.54 Å². The van der Waals surface area contributed by atoms with Gasteiger partial charge in [0.05, 0.1) is 18.1 Å². The Labute approximate surface area is 91.9 Å². The molecule has 0 bridgehead atoms. The number of nitrogens with zero attached hydrogens (tertiary/aromatic N) is 6. The number of aromatic nitrogens is 3. The number of hydrogen-bond donors (Lipinski definition) is 0. The minimum atomic E-state index is 0.477. The second kappa shape index (κ2) is 4.95. The van der Waals surface area contributed by atoms with E-state index in [1.165, 1.54) is 0 Å². The standard InChI is InChI=1S/C10H10N6/c11-15-14-4-2-1-3-9-7-13-10-8-12-5-6-16(9)10/h1,3,5-8H,2,4H2. The topological polar surface area (TPSA) is 79.0 Å². The van der Waals surface area contributed by atoms with Crippen LogP contribution >= 0.6 is 0 Å². The summed E-state index contributed by atoms with van der Waals surface area (Å²) < 4.78 is 1.94. The van der Waals surface area contributed by atoms with Crippen LogP contribution in [0, 0.1) is 0 Å². The lowest BCUT2D eigenvalue weighted by Crippen LogP contribution is -1.86. The molecule has 0 aromatic carbocycles. The van der Waals surface area contributed by atoms with Crippen LogP contribution in [0.15, 0.2) is 36.0 Å². The van der Waals surface area contributed by atoms with Crippen molar-refractivity contribution in [3.8, 4) is 0 Å². The Kier molecular flexibility index (Phi) is 3.15. The summed E-state index contributed by atoms with van der Waals surface area (Å²) in [7, 11) is 0. The lowest BCUT2D eigenvalue weighted by atomic mass is 10.3. The van der Waals surface area contributed by atoms with Gasteiger partial charge in [-0.2, -0.15) is 0 Å². The van der Waals surface area contributed by atoms with Gasteiger partial charge in [-0.25, -0.2) is 4.98 Å². The Balaban J connectivity index is 2.12. The van der Waals surface area contributed by atoms with Crippen LogP contribution in [-0.4, -0.2) is 20.9 Å². The van der Waals surface area contributed by atoms with E-state index >= 15 is 0 Å². The molecule has 0 saturated carbocycles. The fraction of sp³-hybridized carbons (Fsp3) is 0.200. The molecule has 2 aromatic heterocycles. The summed E-state index contributed by atoms with van der Waals surface area (Å²) in [6, 6.07) is 0. The Bertz CT molecular complexity index is 549. The highest BCUT2D eigenvalue weighted by molar-refractivity contribution is 5.51. The third-order valence-corrected chi connectivity index (χ3v) is 2.09. The quantitative estimate of drug-likeness (QED) is 0.339. The lowest BCUT2D eigenvalue weighted by molar-refractivity contribution is 0.994. The first-order valence-corrected chi connectivity index (χ1v) is 4.86. The van der Waals surface area contributed by atoms with Crippen molar-refractivity contribution in [2.24, 2.45) is 5.11 Å². The highest BCUT2D eigenvalue weighted by atomic mass is 15.1. The number of rotatable bonds is 4. The number of hydrogen-bond acceptors (Lipinski definition) is 3. The van der Waals surface area contributed by atoms with E-state index in [1.807, 2.05) is 22.7 Å². The van der Waals surface area contributed by atoms with Crippen molar-refractivity contribution in [2.45, 2.75) is 6.42 Å². The van der Waals surface area contributed by atoms with Crippen LogP contribution in [0.1, 0.15) is 12.1 Å². The molecule has 0 atom stereocenters. The first-order valence-electron chi connectivity index (χ1n) is 4.86. The molecular weight excluding hydrogens is 204 g/mol. The summed E-state index contributed by atoms with van der Waals surface area (Å²) in [6.07, 6.45) is 11.7.